The number of phenols is 1. The SMILES string of the molecule is C/C(=N/NC(=O)c1ccc(CN2CCN(c3ccccc3)CC2)cc1)c1ccccc1O. The minimum Gasteiger partial charge on any atom is -0.507 e. The van der Waals surface area contributed by atoms with E-state index in [0.717, 1.165) is 32.7 Å². The van der Waals surface area contributed by atoms with E-state index in [1.807, 2.05) is 36.4 Å². The first-order chi connectivity index (χ1) is 15.6. The van der Waals surface area contributed by atoms with Gasteiger partial charge in [0, 0.05) is 49.5 Å². The predicted molar refractivity (Wildman–Crippen MR) is 128 cm³/mol. The van der Waals surface area contributed by atoms with Gasteiger partial charge < -0.3 is 10.0 Å². The van der Waals surface area contributed by atoms with E-state index in [1.54, 1.807) is 25.1 Å². The van der Waals surface area contributed by atoms with Crippen LogP contribution in [0.1, 0.15) is 28.4 Å². The van der Waals surface area contributed by atoms with Crippen molar-refractivity contribution in [2.24, 2.45) is 5.10 Å². The number of anilines is 1. The van der Waals surface area contributed by atoms with E-state index in [4.69, 9.17) is 0 Å². The second-order valence-corrected chi connectivity index (χ2v) is 7.95. The van der Waals surface area contributed by atoms with Gasteiger partial charge in [0.15, 0.2) is 0 Å². The van der Waals surface area contributed by atoms with Crippen LogP contribution in [0.2, 0.25) is 0 Å². The van der Waals surface area contributed by atoms with Gasteiger partial charge >= 0.3 is 0 Å². The summed E-state index contributed by atoms with van der Waals surface area (Å²) >= 11 is 0. The summed E-state index contributed by atoms with van der Waals surface area (Å²) in [6.07, 6.45) is 0. The van der Waals surface area contributed by atoms with E-state index in [2.05, 4.69) is 44.6 Å². The number of nitrogens with one attached hydrogen (secondary N) is 1. The zero-order chi connectivity index (χ0) is 22.3. The summed E-state index contributed by atoms with van der Waals surface area (Å²) in [5.41, 5.74) is 6.72. The van der Waals surface area contributed by atoms with Crippen molar-refractivity contribution in [2.75, 3.05) is 31.1 Å². The predicted octanol–water partition coefficient (Wildman–Crippen LogP) is 3.87. The molecule has 0 saturated carbocycles. The summed E-state index contributed by atoms with van der Waals surface area (Å²) < 4.78 is 0. The van der Waals surface area contributed by atoms with Crippen molar-refractivity contribution in [3.8, 4) is 5.75 Å². The Hall–Kier alpha value is -3.64. The van der Waals surface area contributed by atoms with Crippen LogP contribution in [0.5, 0.6) is 5.75 Å². The molecule has 4 rings (SSSR count). The van der Waals surface area contributed by atoms with Crippen LogP contribution in [0.15, 0.2) is 84.0 Å². The number of aromatic hydroxyl groups is 1. The quantitative estimate of drug-likeness (QED) is 0.462. The molecule has 1 aliphatic rings. The molecular weight excluding hydrogens is 400 g/mol. The van der Waals surface area contributed by atoms with E-state index in [0.29, 0.717) is 16.8 Å². The van der Waals surface area contributed by atoms with Gasteiger partial charge in [0.2, 0.25) is 0 Å². The number of nitrogens with zero attached hydrogens (tertiary/aromatic N) is 3. The van der Waals surface area contributed by atoms with Crippen LogP contribution in [0.3, 0.4) is 0 Å². The first-order valence-electron chi connectivity index (χ1n) is 10.8. The molecule has 0 unspecified atom stereocenters. The highest BCUT2D eigenvalue weighted by molar-refractivity contribution is 6.02. The number of phenolic OH excluding ortho intramolecular Hbond substituents is 1. The highest BCUT2D eigenvalue weighted by atomic mass is 16.3. The van der Waals surface area contributed by atoms with E-state index in [-0.39, 0.29) is 11.7 Å². The Labute approximate surface area is 188 Å². The second-order valence-electron chi connectivity index (χ2n) is 7.95. The molecular formula is C26H28N4O2. The van der Waals surface area contributed by atoms with Crippen LogP contribution in [-0.2, 0) is 6.54 Å². The summed E-state index contributed by atoms with van der Waals surface area (Å²) in [6, 6.07) is 25.1. The van der Waals surface area contributed by atoms with E-state index < -0.39 is 0 Å². The Morgan fingerprint density at radius 3 is 2.25 bits per heavy atom. The number of hydrogen-bond acceptors (Lipinski definition) is 5. The molecule has 1 fully saturated rings. The first-order valence-corrected chi connectivity index (χ1v) is 10.8. The molecule has 164 valence electrons. The van der Waals surface area contributed by atoms with Crippen molar-refractivity contribution in [1.29, 1.82) is 0 Å². The third-order valence-electron chi connectivity index (χ3n) is 5.73. The van der Waals surface area contributed by atoms with Gasteiger partial charge in [-0.2, -0.15) is 5.10 Å². The Morgan fingerprint density at radius 1 is 0.906 bits per heavy atom. The maximum atomic E-state index is 12.4. The molecule has 1 heterocycles. The van der Waals surface area contributed by atoms with Crippen molar-refractivity contribution in [3.05, 3.63) is 95.6 Å². The molecule has 3 aromatic rings. The summed E-state index contributed by atoms with van der Waals surface area (Å²) in [5, 5.41) is 14.0. The van der Waals surface area contributed by atoms with Gasteiger partial charge in [-0.3, -0.25) is 9.69 Å². The summed E-state index contributed by atoms with van der Waals surface area (Å²) in [5.74, 6) is -0.139. The number of hydrogen-bond donors (Lipinski definition) is 2. The highest BCUT2D eigenvalue weighted by Gasteiger charge is 2.17. The molecule has 3 aromatic carbocycles. The van der Waals surface area contributed by atoms with Crippen LogP contribution >= 0.6 is 0 Å². The molecule has 0 spiro atoms. The normalized spacial score (nSPS) is 14.9. The van der Waals surface area contributed by atoms with Crippen molar-refractivity contribution >= 4 is 17.3 Å². The smallest absolute Gasteiger partial charge is 0.271 e. The largest absolute Gasteiger partial charge is 0.507 e. The van der Waals surface area contributed by atoms with Gasteiger partial charge in [-0.25, -0.2) is 5.43 Å². The molecule has 6 nitrogen and oxygen atoms in total. The van der Waals surface area contributed by atoms with Crippen LogP contribution < -0.4 is 10.3 Å². The summed E-state index contributed by atoms with van der Waals surface area (Å²) in [4.78, 5) is 17.3. The molecule has 2 N–H and O–H groups in total. The Bertz CT molecular complexity index is 1070. The minimum atomic E-state index is -0.275. The molecule has 6 heteroatoms. The molecule has 0 aliphatic carbocycles. The molecule has 0 radical (unpaired) electrons. The third-order valence-corrected chi connectivity index (χ3v) is 5.73. The van der Waals surface area contributed by atoms with Gasteiger partial charge in [0.25, 0.3) is 5.91 Å². The van der Waals surface area contributed by atoms with Gasteiger partial charge in [-0.1, -0.05) is 42.5 Å². The first kappa shape index (κ1) is 21.6. The molecule has 0 atom stereocenters. The van der Waals surface area contributed by atoms with Crippen molar-refractivity contribution in [2.45, 2.75) is 13.5 Å². The molecule has 1 saturated heterocycles. The fourth-order valence-electron chi connectivity index (χ4n) is 3.86. The topological polar surface area (TPSA) is 68.2 Å². The minimum absolute atomic E-state index is 0.136. The monoisotopic (exact) mass is 428 g/mol. The van der Waals surface area contributed by atoms with Crippen molar-refractivity contribution in [1.82, 2.24) is 10.3 Å². The number of carbonyl (C=O) groups is 1. The number of benzene rings is 3. The standard InChI is InChI=1S/C26H28N4O2/c1-20(24-9-5-6-10-25(24)31)27-28-26(32)22-13-11-21(12-14-22)19-29-15-17-30(18-16-29)23-7-3-2-4-8-23/h2-14,31H,15-19H2,1H3,(H,28,32)/b27-20-. The highest BCUT2D eigenvalue weighted by Crippen LogP contribution is 2.18. The fraction of sp³-hybridized carbons (Fsp3) is 0.231. The summed E-state index contributed by atoms with van der Waals surface area (Å²) in [6.45, 7) is 6.66. The van der Waals surface area contributed by atoms with E-state index in [1.165, 1.54) is 11.3 Å². The summed E-state index contributed by atoms with van der Waals surface area (Å²) in [7, 11) is 0. The van der Waals surface area contributed by atoms with Crippen LogP contribution in [0.4, 0.5) is 5.69 Å². The Balaban J connectivity index is 1.29. The van der Waals surface area contributed by atoms with Crippen LogP contribution in [0.25, 0.3) is 0 Å². The second kappa shape index (κ2) is 10.1. The van der Waals surface area contributed by atoms with Gasteiger partial charge in [0.05, 0.1) is 5.71 Å². The van der Waals surface area contributed by atoms with Gasteiger partial charge in [-0.15, -0.1) is 0 Å². The molecule has 32 heavy (non-hydrogen) atoms. The Morgan fingerprint density at radius 2 is 1.56 bits per heavy atom. The van der Waals surface area contributed by atoms with E-state index >= 15 is 0 Å². The van der Waals surface area contributed by atoms with Crippen LogP contribution in [0, 0.1) is 0 Å². The lowest BCUT2D eigenvalue weighted by Gasteiger charge is -2.36. The van der Waals surface area contributed by atoms with Crippen LogP contribution in [-0.4, -0.2) is 47.8 Å². The average molecular weight is 429 g/mol. The van der Waals surface area contributed by atoms with Crippen molar-refractivity contribution < 1.29 is 9.90 Å². The lowest BCUT2D eigenvalue weighted by Crippen LogP contribution is -2.45. The molecule has 1 amide bonds. The molecule has 0 aromatic heterocycles. The zero-order valence-electron chi connectivity index (χ0n) is 18.2. The number of amides is 1. The van der Waals surface area contributed by atoms with Gasteiger partial charge in [0.1, 0.15) is 5.75 Å². The fourth-order valence-corrected chi connectivity index (χ4v) is 3.86. The number of piperazine rings is 1. The van der Waals surface area contributed by atoms with Gasteiger partial charge in [-0.05, 0) is 48.9 Å². The molecule has 1 aliphatic heterocycles. The molecule has 0 bridgehead atoms. The number of hydrazone groups is 1. The average Bonchev–Trinajstić information content (AvgIpc) is 2.84. The number of para-hydroxylation sites is 2. The number of rotatable bonds is 6. The lowest BCUT2D eigenvalue weighted by atomic mass is 10.1. The van der Waals surface area contributed by atoms with E-state index in [9.17, 15) is 9.90 Å². The zero-order valence-corrected chi connectivity index (χ0v) is 18.2. The maximum absolute atomic E-state index is 12.4. The Kier molecular flexibility index (Phi) is 6.82. The maximum Gasteiger partial charge on any atom is 0.271 e. The lowest BCUT2D eigenvalue weighted by molar-refractivity contribution is 0.0954. The number of carbonyl (C=O) groups excluding carboxylic acids is 1. The third kappa shape index (κ3) is 5.34. The van der Waals surface area contributed by atoms with Crippen molar-refractivity contribution in [3.63, 3.8) is 0 Å².